The van der Waals surface area contributed by atoms with E-state index in [1.807, 2.05) is 39.9 Å². The van der Waals surface area contributed by atoms with Crippen molar-refractivity contribution < 1.29 is 4.79 Å². The number of carbonyl (C=O) groups excluding carboxylic acids is 1. The Morgan fingerprint density at radius 2 is 1.72 bits per heavy atom. The number of benzene rings is 3. The van der Waals surface area contributed by atoms with Gasteiger partial charge in [0.15, 0.2) is 0 Å². The van der Waals surface area contributed by atoms with Gasteiger partial charge in [0, 0.05) is 18.7 Å². The SMILES string of the molecule is Cc1ccccc1Cn1nnc2cc(C(=O)N3CCC(Cc4ccccc4)CC3)ccc21. The van der Waals surface area contributed by atoms with Crippen LogP contribution in [0.3, 0.4) is 0 Å². The van der Waals surface area contributed by atoms with Gasteiger partial charge in [-0.2, -0.15) is 0 Å². The molecule has 5 rings (SSSR count). The molecule has 0 spiro atoms. The van der Waals surface area contributed by atoms with Crippen LogP contribution in [0.5, 0.6) is 0 Å². The molecule has 1 aliphatic rings. The molecule has 5 nitrogen and oxygen atoms in total. The highest BCUT2D eigenvalue weighted by molar-refractivity contribution is 5.97. The van der Waals surface area contributed by atoms with E-state index in [1.165, 1.54) is 16.7 Å². The summed E-state index contributed by atoms with van der Waals surface area (Å²) in [6, 6.07) is 24.7. The van der Waals surface area contributed by atoms with Crippen LogP contribution in [0, 0.1) is 12.8 Å². The Labute approximate surface area is 188 Å². The lowest BCUT2D eigenvalue weighted by Gasteiger charge is -2.32. The molecule has 0 saturated carbocycles. The highest BCUT2D eigenvalue weighted by Gasteiger charge is 2.24. The summed E-state index contributed by atoms with van der Waals surface area (Å²) in [6.07, 6.45) is 3.20. The van der Waals surface area contributed by atoms with E-state index in [9.17, 15) is 4.79 Å². The summed E-state index contributed by atoms with van der Waals surface area (Å²) in [5.41, 5.74) is 6.25. The first-order valence-corrected chi connectivity index (χ1v) is 11.4. The number of carbonyl (C=O) groups is 1. The summed E-state index contributed by atoms with van der Waals surface area (Å²) in [5.74, 6) is 0.740. The summed E-state index contributed by atoms with van der Waals surface area (Å²) >= 11 is 0. The number of hydrogen-bond acceptors (Lipinski definition) is 3. The van der Waals surface area contributed by atoms with Crippen LogP contribution >= 0.6 is 0 Å². The molecular weight excluding hydrogens is 396 g/mol. The average Bonchev–Trinajstić information content (AvgIpc) is 3.23. The highest BCUT2D eigenvalue weighted by Crippen LogP contribution is 2.24. The van der Waals surface area contributed by atoms with Gasteiger partial charge in [-0.1, -0.05) is 59.8 Å². The number of hydrogen-bond donors (Lipinski definition) is 0. The first kappa shape index (κ1) is 20.4. The first-order chi connectivity index (χ1) is 15.7. The Morgan fingerprint density at radius 1 is 0.969 bits per heavy atom. The van der Waals surface area contributed by atoms with E-state index < -0.39 is 0 Å². The lowest BCUT2D eigenvalue weighted by Crippen LogP contribution is -2.38. The third-order valence-corrected chi connectivity index (χ3v) is 6.61. The maximum absolute atomic E-state index is 13.1. The highest BCUT2D eigenvalue weighted by atomic mass is 16.2. The number of amides is 1. The normalized spacial score (nSPS) is 14.7. The van der Waals surface area contributed by atoms with Crippen LogP contribution in [0.4, 0.5) is 0 Å². The van der Waals surface area contributed by atoms with Crippen molar-refractivity contribution in [3.05, 3.63) is 95.1 Å². The van der Waals surface area contributed by atoms with Crippen molar-refractivity contribution in [3.63, 3.8) is 0 Å². The number of rotatable bonds is 5. The molecule has 0 bridgehead atoms. The van der Waals surface area contributed by atoms with Gasteiger partial charge in [0.25, 0.3) is 5.91 Å². The zero-order chi connectivity index (χ0) is 21.9. The van der Waals surface area contributed by atoms with E-state index in [-0.39, 0.29) is 5.91 Å². The molecule has 3 aromatic carbocycles. The van der Waals surface area contributed by atoms with Gasteiger partial charge in [-0.05, 0) is 67.0 Å². The average molecular weight is 425 g/mol. The molecule has 1 aliphatic heterocycles. The van der Waals surface area contributed by atoms with Crippen LogP contribution in [-0.2, 0) is 13.0 Å². The van der Waals surface area contributed by atoms with Crippen LogP contribution in [0.15, 0.2) is 72.8 Å². The molecule has 0 N–H and O–H groups in total. The summed E-state index contributed by atoms with van der Waals surface area (Å²) in [4.78, 5) is 15.1. The van der Waals surface area contributed by atoms with Crippen molar-refractivity contribution in [3.8, 4) is 0 Å². The molecule has 32 heavy (non-hydrogen) atoms. The number of nitrogens with zero attached hydrogens (tertiary/aromatic N) is 4. The van der Waals surface area contributed by atoms with E-state index in [2.05, 4.69) is 59.7 Å². The monoisotopic (exact) mass is 424 g/mol. The molecule has 0 aliphatic carbocycles. The second kappa shape index (κ2) is 8.95. The predicted octanol–water partition coefficient (Wildman–Crippen LogP) is 4.88. The second-order valence-corrected chi connectivity index (χ2v) is 8.80. The molecule has 0 unspecified atom stereocenters. The van der Waals surface area contributed by atoms with Gasteiger partial charge in [0.1, 0.15) is 5.52 Å². The Balaban J connectivity index is 1.25. The van der Waals surface area contributed by atoms with E-state index in [4.69, 9.17) is 0 Å². The number of likely N-dealkylation sites (tertiary alicyclic amines) is 1. The van der Waals surface area contributed by atoms with Crippen LogP contribution in [0.1, 0.15) is 39.9 Å². The van der Waals surface area contributed by atoms with Gasteiger partial charge in [0.05, 0.1) is 12.1 Å². The molecule has 0 radical (unpaired) electrons. The molecular formula is C27H28N4O. The largest absolute Gasteiger partial charge is 0.339 e. The summed E-state index contributed by atoms with van der Waals surface area (Å²) in [5, 5.41) is 8.67. The fourth-order valence-corrected chi connectivity index (χ4v) is 4.64. The van der Waals surface area contributed by atoms with Gasteiger partial charge >= 0.3 is 0 Å². The van der Waals surface area contributed by atoms with Crippen molar-refractivity contribution in [1.29, 1.82) is 0 Å². The summed E-state index contributed by atoms with van der Waals surface area (Å²) < 4.78 is 1.90. The number of aryl methyl sites for hydroxylation is 1. The van der Waals surface area contributed by atoms with Gasteiger partial charge < -0.3 is 4.90 Å². The van der Waals surface area contributed by atoms with Crippen LogP contribution in [-0.4, -0.2) is 38.9 Å². The predicted molar refractivity (Wildman–Crippen MR) is 127 cm³/mol. The Kier molecular flexibility index (Phi) is 5.71. The van der Waals surface area contributed by atoms with Crippen molar-refractivity contribution in [2.75, 3.05) is 13.1 Å². The summed E-state index contributed by atoms with van der Waals surface area (Å²) in [7, 11) is 0. The zero-order valence-electron chi connectivity index (χ0n) is 18.4. The van der Waals surface area contributed by atoms with Crippen molar-refractivity contribution in [2.24, 2.45) is 5.92 Å². The van der Waals surface area contributed by atoms with Crippen LogP contribution < -0.4 is 0 Å². The fourth-order valence-electron chi connectivity index (χ4n) is 4.64. The van der Waals surface area contributed by atoms with Gasteiger partial charge in [-0.3, -0.25) is 4.79 Å². The third kappa shape index (κ3) is 4.28. The Hall–Kier alpha value is -3.47. The van der Waals surface area contributed by atoms with E-state index >= 15 is 0 Å². The van der Waals surface area contributed by atoms with Crippen molar-refractivity contribution in [2.45, 2.75) is 32.7 Å². The molecule has 0 atom stereocenters. The molecule has 4 aromatic rings. The molecule has 1 aromatic heterocycles. The third-order valence-electron chi connectivity index (χ3n) is 6.61. The Bertz CT molecular complexity index is 1220. The molecule has 2 heterocycles. The van der Waals surface area contributed by atoms with Gasteiger partial charge in [0.2, 0.25) is 0 Å². The molecule has 1 amide bonds. The fraction of sp³-hybridized carbons (Fsp3) is 0.296. The molecule has 1 fully saturated rings. The van der Waals surface area contributed by atoms with Crippen LogP contribution in [0.2, 0.25) is 0 Å². The lowest BCUT2D eigenvalue weighted by atomic mass is 9.90. The zero-order valence-corrected chi connectivity index (χ0v) is 18.4. The van der Waals surface area contributed by atoms with Crippen molar-refractivity contribution >= 4 is 16.9 Å². The molecule has 162 valence electrons. The maximum Gasteiger partial charge on any atom is 0.253 e. The van der Waals surface area contributed by atoms with Crippen LogP contribution in [0.25, 0.3) is 11.0 Å². The minimum atomic E-state index is 0.0958. The van der Waals surface area contributed by atoms with Gasteiger partial charge in [-0.15, -0.1) is 5.10 Å². The minimum Gasteiger partial charge on any atom is -0.339 e. The number of aromatic nitrogens is 3. The van der Waals surface area contributed by atoms with Crippen molar-refractivity contribution in [1.82, 2.24) is 19.9 Å². The summed E-state index contributed by atoms with van der Waals surface area (Å²) in [6.45, 7) is 4.41. The smallest absolute Gasteiger partial charge is 0.253 e. The molecule has 5 heteroatoms. The first-order valence-electron chi connectivity index (χ1n) is 11.4. The quantitative estimate of drug-likeness (QED) is 0.459. The Morgan fingerprint density at radius 3 is 2.50 bits per heavy atom. The van der Waals surface area contributed by atoms with E-state index in [0.717, 1.165) is 43.4 Å². The van der Waals surface area contributed by atoms with E-state index in [1.54, 1.807) is 0 Å². The second-order valence-electron chi connectivity index (χ2n) is 8.80. The van der Waals surface area contributed by atoms with Gasteiger partial charge in [-0.25, -0.2) is 4.68 Å². The number of piperidine rings is 1. The molecule has 1 saturated heterocycles. The lowest BCUT2D eigenvalue weighted by molar-refractivity contribution is 0.0690. The maximum atomic E-state index is 13.1. The topological polar surface area (TPSA) is 51.0 Å². The standard InChI is InChI=1S/C27H28N4O/c1-20-7-5-6-10-24(20)19-31-26-12-11-23(18-25(26)28-29-31)27(32)30-15-13-22(14-16-30)17-21-8-3-2-4-9-21/h2-12,18,22H,13-17,19H2,1H3. The minimum absolute atomic E-state index is 0.0958. The van der Waals surface area contributed by atoms with E-state index in [0.29, 0.717) is 18.0 Å². The number of fused-ring (bicyclic) bond motifs is 1.